The van der Waals surface area contributed by atoms with Crippen LogP contribution >= 0.6 is 0 Å². The van der Waals surface area contributed by atoms with E-state index in [1.54, 1.807) is 24.7 Å². The van der Waals surface area contributed by atoms with Crippen molar-refractivity contribution in [3.05, 3.63) is 48.5 Å². The lowest BCUT2D eigenvalue weighted by molar-refractivity contribution is 0.000438. The second-order valence-electron chi connectivity index (χ2n) is 5.84. The van der Waals surface area contributed by atoms with Crippen LogP contribution in [0.5, 0.6) is 0 Å². The molecule has 25 heavy (non-hydrogen) atoms. The Morgan fingerprint density at radius 1 is 1.36 bits per heavy atom. The van der Waals surface area contributed by atoms with Gasteiger partial charge in [-0.2, -0.15) is 4.31 Å². The van der Waals surface area contributed by atoms with E-state index in [2.05, 4.69) is 10.3 Å². The summed E-state index contributed by atoms with van der Waals surface area (Å²) < 4.78 is 31.9. The van der Waals surface area contributed by atoms with Gasteiger partial charge in [0.15, 0.2) is 0 Å². The Balaban J connectivity index is 1.55. The Morgan fingerprint density at radius 2 is 2.12 bits per heavy atom. The molecule has 3 rings (SSSR count). The highest BCUT2D eigenvalue weighted by atomic mass is 32.2. The van der Waals surface area contributed by atoms with Crippen LogP contribution < -0.4 is 5.32 Å². The normalized spacial score (nSPS) is 18.8. The Labute approximate surface area is 146 Å². The Kier molecular flexibility index (Phi) is 5.16. The molecule has 1 aliphatic heterocycles. The molecule has 0 unspecified atom stereocenters. The lowest BCUT2D eigenvalue weighted by Crippen LogP contribution is -2.49. The SMILES string of the molecule is CS(=O)(=O)N1CCO[C@H](CNC(=O)c2ccc(-n3ccnc3)cc2)C1. The van der Waals surface area contributed by atoms with E-state index in [9.17, 15) is 13.2 Å². The molecule has 0 spiro atoms. The molecule has 0 aliphatic carbocycles. The Morgan fingerprint density at radius 3 is 2.76 bits per heavy atom. The topological polar surface area (TPSA) is 93.5 Å². The van der Waals surface area contributed by atoms with E-state index in [1.165, 1.54) is 10.6 Å². The van der Waals surface area contributed by atoms with Gasteiger partial charge in [0, 0.05) is 43.3 Å². The molecule has 1 aromatic carbocycles. The molecule has 1 N–H and O–H groups in total. The Hall–Kier alpha value is -2.23. The fraction of sp³-hybridized carbons (Fsp3) is 0.375. The number of morpholine rings is 1. The summed E-state index contributed by atoms with van der Waals surface area (Å²) in [4.78, 5) is 16.2. The van der Waals surface area contributed by atoms with Gasteiger partial charge in [0.2, 0.25) is 10.0 Å². The summed E-state index contributed by atoms with van der Waals surface area (Å²) in [5.74, 6) is -0.225. The molecule has 8 nitrogen and oxygen atoms in total. The first-order valence-electron chi connectivity index (χ1n) is 7.87. The quantitative estimate of drug-likeness (QED) is 0.822. The van der Waals surface area contributed by atoms with E-state index in [0.717, 1.165) is 5.69 Å². The monoisotopic (exact) mass is 364 g/mol. The van der Waals surface area contributed by atoms with E-state index in [4.69, 9.17) is 4.74 Å². The Bertz CT molecular complexity index is 818. The fourth-order valence-electron chi connectivity index (χ4n) is 2.62. The first-order chi connectivity index (χ1) is 11.9. The highest BCUT2D eigenvalue weighted by Crippen LogP contribution is 2.11. The molecular formula is C16H20N4O4S. The lowest BCUT2D eigenvalue weighted by atomic mass is 10.2. The number of aromatic nitrogens is 2. The number of benzene rings is 1. The van der Waals surface area contributed by atoms with E-state index < -0.39 is 10.0 Å². The molecule has 0 bridgehead atoms. The minimum absolute atomic E-state index is 0.225. The number of hydrogen-bond donors (Lipinski definition) is 1. The summed E-state index contributed by atoms with van der Waals surface area (Å²) in [7, 11) is -3.24. The highest BCUT2D eigenvalue weighted by molar-refractivity contribution is 7.88. The van der Waals surface area contributed by atoms with Gasteiger partial charge in [0.25, 0.3) is 5.91 Å². The molecule has 1 aliphatic rings. The predicted octanol–water partition coefficient (Wildman–Crippen LogP) is 0.263. The molecule has 9 heteroatoms. The fourth-order valence-corrected chi connectivity index (χ4v) is 3.47. The van der Waals surface area contributed by atoms with Crippen LogP contribution in [0.3, 0.4) is 0 Å². The van der Waals surface area contributed by atoms with Gasteiger partial charge in [-0.25, -0.2) is 13.4 Å². The number of nitrogens with zero attached hydrogens (tertiary/aromatic N) is 3. The van der Waals surface area contributed by atoms with Crippen LogP contribution in [0.2, 0.25) is 0 Å². The molecule has 134 valence electrons. The maximum atomic E-state index is 12.2. The van der Waals surface area contributed by atoms with Gasteiger partial charge in [-0.1, -0.05) is 0 Å². The third kappa shape index (κ3) is 4.44. The van der Waals surface area contributed by atoms with Crippen molar-refractivity contribution in [2.24, 2.45) is 0 Å². The van der Waals surface area contributed by atoms with Crippen molar-refractivity contribution in [2.45, 2.75) is 6.10 Å². The maximum Gasteiger partial charge on any atom is 0.251 e. The van der Waals surface area contributed by atoms with Crippen LogP contribution in [0, 0.1) is 0 Å². The van der Waals surface area contributed by atoms with Crippen LogP contribution in [0.15, 0.2) is 43.0 Å². The number of sulfonamides is 1. The first-order valence-corrected chi connectivity index (χ1v) is 9.71. The van der Waals surface area contributed by atoms with Gasteiger partial charge in [-0.3, -0.25) is 4.79 Å². The van der Waals surface area contributed by atoms with Crippen LogP contribution in [-0.4, -0.2) is 66.8 Å². The number of amides is 1. The van der Waals surface area contributed by atoms with E-state index in [0.29, 0.717) is 18.7 Å². The van der Waals surface area contributed by atoms with Crippen molar-refractivity contribution in [1.29, 1.82) is 0 Å². The van der Waals surface area contributed by atoms with Crippen molar-refractivity contribution in [3.63, 3.8) is 0 Å². The van der Waals surface area contributed by atoms with Gasteiger partial charge < -0.3 is 14.6 Å². The zero-order valence-electron chi connectivity index (χ0n) is 13.8. The van der Waals surface area contributed by atoms with Crippen LogP contribution in [0.25, 0.3) is 5.69 Å². The maximum absolute atomic E-state index is 12.2. The van der Waals surface area contributed by atoms with Gasteiger partial charge in [-0.15, -0.1) is 0 Å². The first kappa shape index (κ1) is 17.6. The number of nitrogens with one attached hydrogen (secondary N) is 1. The molecule has 1 aromatic heterocycles. The molecular weight excluding hydrogens is 344 g/mol. The predicted molar refractivity (Wildman–Crippen MR) is 92.1 cm³/mol. The molecule has 1 fully saturated rings. The van der Waals surface area contributed by atoms with Crippen molar-refractivity contribution in [2.75, 3.05) is 32.5 Å². The number of carbonyl (C=O) groups excluding carboxylic acids is 1. The van der Waals surface area contributed by atoms with Crippen molar-refractivity contribution >= 4 is 15.9 Å². The number of rotatable bonds is 5. The molecule has 1 saturated heterocycles. The smallest absolute Gasteiger partial charge is 0.251 e. The summed E-state index contributed by atoms with van der Waals surface area (Å²) >= 11 is 0. The van der Waals surface area contributed by atoms with Crippen molar-refractivity contribution < 1.29 is 17.9 Å². The van der Waals surface area contributed by atoms with Gasteiger partial charge in [0.1, 0.15) is 0 Å². The number of ether oxygens (including phenoxy) is 1. The van der Waals surface area contributed by atoms with Gasteiger partial charge in [0.05, 0.1) is 25.3 Å². The molecule has 2 heterocycles. The third-order valence-electron chi connectivity index (χ3n) is 3.99. The molecule has 0 saturated carbocycles. The average Bonchev–Trinajstić information content (AvgIpc) is 3.14. The van der Waals surface area contributed by atoms with Crippen LogP contribution in [-0.2, 0) is 14.8 Å². The minimum atomic E-state index is -3.24. The lowest BCUT2D eigenvalue weighted by Gasteiger charge is -2.31. The summed E-state index contributed by atoms with van der Waals surface area (Å²) in [6.45, 7) is 1.18. The second kappa shape index (κ2) is 7.34. The van der Waals surface area contributed by atoms with Crippen LogP contribution in [0.1, 0.15) is 10.4 Å². The number of imidazole rings is 1. The highest BCUT2D eigenvalue weighted by Gasteiger charge is 2.26. The molecule has 1 atom stereocenters. The van der Waals surface area contributed by atoms with E-state index in [-0.39, 0.29) is 25.1 Å². The van der Waals surface area contributed by atoms with Crippen LogP contribution in [0.4, 0.5) is 0 Å². The summed E-state index contributed by atoms with van der Waals surface area (Å²) in [5, 5.41) is 2.79. The second-order valence-corrected chi connectivity index (χ2v) is 7.82. The zero-order valence-corrected chi connectivity index (χ0v) is 14.6. The zero-order chi connectivity index (χ0) is 17.9. The molecule has 2 aromatic rings. The van der Waals surface area contributed by atoms with E-state index >= 15 is 0 Å². The minimum Gasteiger partial charge on any atom is -0.374 e. The summed E-state index contributed by atoms with van der Waals surface area (Å²) in [6.07, 6.45) is 6.02. The summed E-state index contributed by atoms with van der Waals surface area (Å²) in [5.41, 5.74) is 1.44. The molecule has 1 amide bonds. The molecule has 0 radical (unpaired) electrons. The number of carbonyl (C=O) groups is 1. The largest absolute Gasteiger partial charge is 0.374 e. The standard InChI is InChI=1S/C16H20N4O4S/c1-25(22,23)20-8-9-24-15(11-20)10-18-16(21)13-2-4-14(5-3-13)19-7-6-17-12-19/h2-7,12,15H,8-11H2,1H3,(H,18,21)/t15-/m1/s1. The summed E-state index contributed by atoms with van der Waals surface area (Å²) in [6, 6.07) is 7.13. The third-order valence-corrected chi connectivity index (χ3v) is 5.26. The number of hydrogen-bond acceptors (Lipinski definition) is 5. The average molecular weight is 364 g/mol. The van der Waals surface area contributed by atoms with Gasteiger partial charge >= 0.3 is 0 Å². The van der Waals surface area contributed by atoms with Gasteiger partial charge in [-0.05, 0) is 24.3 Å². The van der Waals surface area contributed by atoms with Crippen molar-refractivity contribution in [1.82, 2.24) is 19.2 Å². The van der Waals surface area contributed by atoms with E-state index in [1.807, 2.05) is 22.9 Å². The van der Waals surface area contributed by atoms with Crippen molar-refractivity contribution in [3.8, 4) is 5.69 Å².